The summed E-state index contributed by atoms with van der Waals surface area (Å²) in [5, 5.41) is 11.2. The van der Waals surface area contributed by atoms with Crippen molar-refractivity contribution >= 4 is 34.8 Å². The minimum Gasteiger partial charge on any atom is -0.448 e. The molecule has 2 amide bonds. The number of nitrogens with one attached hydrogen (secondary N) is 1. The summed E-state index contributed by atoms with van der Waals surface area (Å²) in [6.07, 6.45) is 8.58. The number of nitrogens with zero attached hydrogens (tertiary/aromatic N) is 6. The molecule has 11 nitrogen and oxygen atoms in total. The van der Waals surface area contributed by atoms with Crippen LogP contribution in [0.1, 0.15) is 77.6 Å². The Morgan fingerprint density at radius 2 is 1.85 bits per heavy atom. The van der Waals surface area contributed by atoms with Gasteiger partial charge in [-0.05, 0) is 62.4 Å². The van der Waals surface area contributed by atoms with Crippen molar-refractivity contribution in [3.63, 3.8) is 0 Å². The van der Waals surface area contributed by atoms with Crippen LogP contribution in [0.15, 0.2) is 47.2 Å². The highest BCUT2D eigenvalue weighted by Gasteiger charge is 2.30. The maximum Gasteiger partial charge on any atom is 0.277 e. The second-order valence-corrected chi connectivity index (χ2v) is 11.0. The van der Waals surface area contributed by atoms with E-state index in [2.05, 4.69) is 30.3 Å². The van der Waals surface area contributed by atoms with Gasteiger partial charge in [0, 0.05) is 69.8 Å². The Kier molecular flexibility index (Phi) is 7.93. The van der Waals surface area contributed by atoms with E-state index >= 15 is 0 Å². The molecule has 1 saturated carbocycles. The number of ketones is 1. The van der Waals surface area contributed by atoms with E-state index < -0.39 is 0 Å². The zero-order valence-electron chi connectivity index (χ0n) is 23.1. The van der Waals surface area contributed by atoms with E-state index in [1.54, 1.807) is 12.3 Å². The maximum absolute atomic E-state index is 13.2. The van der Waals surface area contributed by atoms with Crippen LogP contribution in [-0.2, 0) is 4.79 Å². The smallest absolute Gasteiger partial charge is 0.277 e. The molecule has 2 aliphatic heterocycles. The molecule has 3 fully saturated rings. The molecule has 0 bridgehead atoms. The number of carbonyl (C=O) groups excluding carboxylic acids is 3. The van der Waals surface area contributed by atoms with Crippen molar-refractivity contribution in [2.24, 2.45) is 0 Å². The average molecular weight is 558 g/mol. The highest BCUT2D eigenvalue weighted by Crippen LogP contribution is 2.39. The summed E-state index contributed by atoms with van der Waals surface area (Å²) in [6.45, 7) is 4.46. The van der Waals surface area contributed by atoms with Gasteiger partial charge in [-0.15, -0.1) is 5.10 Å². The zero-order valence-corrected chi connectivity index (χ0v) is 23.1. The SMILES string of the molecule is O=C(CCCCN1CCCC1=O)c1ccc(N2CCN(c3cccnn3)CC2)c(NC(=O)c2coc(C3CC3)n2)c1. The number of rotatable bonds is 11. The number of unbranched alkanes of at least 4 members (excludes halogenated alkanes) is 1. The van der Waals surface area contributed by atoms with Crippen molar-refractivity contribution in [1.82, 2.24) is 20.1 Å². The lowest BCUT2D eigenvalue weighted by Gasteiger charge is -2.37. The predicted octanol–water partition coefficient (Wildman–Crippen LogP) is 3.90. The first-order chi connectivity index (χ1) is 20.0. The number of Topliss-reactive ketones (excluding diaryl/α,β-unsaturated/α-hetero) is 1. The summed E-state index contributed by atoms with van der Waals surface area (Å²) in [7, 11) is 0. The third kappa shape index (κ3) is 6.39. The van der Waals surface area contributed by atoms with Crippen LogP contribution in [0.4, 0.5) is 17.2 Å². The number of piperazine rings is 1. The van der Waals surface area contributed by atoms with E-state index in [4.69, 9.17) is 4.42 Å². The molecule has 11 heteroatoms. The van der Waals surface area contributed by atoms with Gasteiger partial charge in [-0.1, -0.05) is 0 Å². The number of aromatic nitrogens is 3. The fourth-order valence-corrected chi connectivity index (χ4v) is 5.49. The quantitative estimate of drug-likeness (QED) is 0.276. The van der Waals surface area contributed by atoms with Crippen LogP contribution in [0.5, 0.6) is 0 Å². The van der Waals surface area contributed by atoms with Crippen LogP contribution in [0.2, 0.25) is 0 Å². The Balaban J connectivity index is 1.14. The summed E-state index contributed by atoms with van der Waals surface area (Å²) in [6, 6.07) is 9.36. The van der Waals surface area contributed by atoms with Gasteiger partial charge in [-0.2, -0.15) is 5.10 Å². The van der Waals surface area contributed by atoms with Crippen LogP contribution in [-0.4, -0.2) is 76.9 Å². The Labute approximate surface area is 238 Å². The van der Waals surface area contributed by atoms with Gasteiger partial charge in [0.15, 0.2) is 23.2 Å². The van der Waals surface area contributed by atoms with E-state index in [1.165, 1.54) is 6.26 Å². The summed E-state index contributed by atoms with van der Waals surface area (Å²) in [5.41, 5.74) is 2.22. The van der Waals surface area contributed by atoms with Gasteiger partial charge < -0.3 is 24.4 Å². The minimum atomic E-state index is -0.361. The normalized spacial score (nSPS) is 17.3. The maximum atomic E-state index is 13.2. The van der Waals surface area contributed by atoms with Crippen molar-refractivity contribution < 1.29 is 18.8 Å². The molecule has 4 heterocycles. The van der Waals surface area contributed by atoms with Crippen molar-refractivity contribution in [3.05, 3.63) is 59.9 Å². The molecule has 0 radical (unpaired) electrons. The molecular weight excluding hydrogens is 522 g/mol. The number of benzene rings is 1. The third-order valence-corrected chi connectivity index (χ3v) is 8.00. The number of amides is 2. The lowest BCUT2D eigenvalue weighted by molar-refractivity contribution is -0.127. The van der Waals surface area contributed by atoms with Gasteiger partial charge in [-0.3, -0.25) is 14.4 Å². The molecule has 3 aromatic rings. The van der Waals surface area contributed by atoms with E-state index in [0.717, 1.165) is 69.9 Å². The Hall–Kier alpha value is -4.28. The summed E-state index contributed by atoms with van der Waals surface area (Å²) in [4.78, 5) is 48.8. The molecule has 0 atom stereocenters. The van der Waals surface area contributed by atoms with Crippen LogP contribution in [0.3, 0.4) is 0 Å². The first kappa shape index (κ1) is 26.9. The van der Waals surface area contributed by atoms with E-state index in [1.807, 2.05) is 29.2 Å². The summed E-state index contributed by atoms with van der Waals surface area (Å²) >= 11 is 0. The lowest BCUT2D eigenvalue weighted by Crippen LogP contribution is -2.47. The second kappa shape index (κ2) is 12.1. The van der Waals surface area contributed by atoms with Gasteiger partial charge in [0.2, 0.25) is 5.91 Å². The Morgan fingerprint density at radius 1 is 1.02 bits per heavy atom. The second-order valence-electron chi connectivity index (χ2n) is 11.0. The van der Waals surface area contributed by atoms with Crippen molar-refractivity contribution in [2.45, 2.75) is 50.9 Å². The minimum absolute atomic E-state index is 0.0183. The number of hydrogen-bond acceptors (Lipinski definition) is 9. The molecule has 1 aliphatic carbocycles. The molecule has 2 saturated heterocycles. The first-order valence-electron chi connectivity index (χ1n) is 14.5. The highest BCUT2D eigenvalue weighted by molar-refractivity contribution is 6.06. The molecule has 41 heavy (non-hydrogen) atoms. The van der Waals surface area contributed by atoms with Gasteiger partial charge in [0.05, 0.1) is 11.4 Å². The van der Waals surface area contributed by atoms with Crippen molar-refractivity contribution in [3.8, 4) is 0 Å². The standard InChI is InChI=1S/C30H35N7O4/c38-26(5-1-2-13-37-14-4-7-28(37)39)22-10-11-25(35-15-17-36(18-16-35)27-6-3-12-31-34-27)23(19-22)32-29(40)24-20-41-30(33-24)21-8-9-21/h3,6,10-12,19-21H,1-2,4-5,7-9,13-18H2,(H,32,40). The molecule has 6 rings (SSSR count). The van der Waals surface area contributed by atoms with Gasteiger partial charge >= 0.3 is 0 Å². The molecule has 214 valence electrons. The van der Waals surface area contributed by atoms with Crippen LogP contribution in [0.25, 0.3) is 0 Å². The predicted molar refractivity (Wildman–Crippen MR) is 153 cm³/mol. The average Bonchev–Trinajstić information content (AvgIpc) is 3.59. The van der Waals surface area contributed by atoms with Crippen LogP contribution in [0, 0.1) is 0 Å². The van der Waals surface area contributed by atoms with Crippen molar-refractivity contribution in [1.29, 1.82) is 0 Å². The van der Waals surface area contributed by atoms with E-state index in [-0.39, 0.29) is 23.3 Å². The largest absolute Gasteiger partial charge is 0.448 e. The number of likely N-dealkylation sites (tertiary alicyclic amines) is 1. The zero-order chi connectivity index (χ0) is 28.2. The topological polar surface area (TPSA) is 125 Å². The first-order valence-corrected chi connectivity index (χ1v) is 14.5. The fourth-order valence-electron chi connectivity index (χ4n) is 5.49. The molecular formula is C30H35N7O4. The fraction of sp³-hybridized carbons (Fsp3) is 0.467. The van der Waals surface area contributed by atoms with Gasteiger partial charge in [-0.25, -0.2) is 4.98 Å². The molecule has 0 spiro atoms. The Bertz CT molecular complexity index is 1400. The highest BCUT2D eigenvalue weighted by atomic mass is 16.3. The number of hydrogen-bond donors (Lipinski definition) is 1. The monoisotopic (exact) mass is 557 g/mol. The van der Waals surface area contributed by atoms with Crippen molar-refractivity contribution in [2.75, 3.05) is 54.4 Å². The number of carbonyl (C=O) groups is 3. The molecule has 2 aromatic heterocycles. The molecule has 0 unspecified atom stereocenters. The Morgan fingerprint density at radius 3 is 2.59 bits per heavy atom. The molecule has 3 aliphatic rings. The lowest BCUT2D eigenvalue weighted by atomic mass is 10.0. The molecule has 1 N–H and O–H groups in total. The number of oxazole rings is 1. The third-order valence-electron chi connectivity index (χ3n) is 8.00. The van der Waals surface area contributed by atoms with Gasteiger partial charge in [0.25, 0.3) is 5.91 Å². The van der Waals surface area contributed by atoms with E-state index in [0.29, 0.717) is 48.9 Å². The van der Waals surface area contributed by atoms with Gasteiger partial charge in [0.1, 0.15) is 6.26 Å². The van der Waals surface area contributed by atoms with Crippen LogP contribution < -0.4 is 15.1 Å². The summed E-state index contributed by atoms with van der Waals surface area (Å²) < 4.78 is 5.53. The van der Waals surface area contributed by atoms with Crippen LogP contribution >= 0.6 is 0 Å². The van der Waals surface area contributed by atoms with E-state index in [9.17, 15) is 14.4 Å². The number of anilines is 3. The summed E-state index contributed by atoms with van der Waals surface area (Å²) in [5.74, 6) is 1.62. The molecule has 1 aromatic carbocycles.